The summed E-state index contributed by atoms with van der Waals surface area (Å²) in [5, 5.41) is 9.66. The molecular formula is C15H20O3. The predicted molar refractivity (Wildman–Crippen MR) is 68.2 cm³/mol. The summed E-state index contributed by atoms with van der Waals surface area (Å²) >= 11 is 0. The molecule has 0 saturated carbocycles. The Bertz CT molecular complexity index is 379. The van der Waals surface area contributed by atoms with Crippen LogP contribution < -0.4 is 0 Å². The van der Waals surface area contributed by atoms with Gasteiger partial charge in [-0.05, 0) is 30.7 Å². The maximum atomic E-state index is 9.66. The fourth-order valence-corrected chi connectivity index (χ4v) is 3.02. The van der Waals surface area contributed by atoms with Crippen LogP contribution in [0.5, 0.6) is 0 Å². The summed E-state index contributed by atoms with van der Waals surface area (Å²) in [5.41, 5.74) is 1.25. The Kier molecular flexibility index (Phi) is 3.64. The zero-order chi connectivity index (χ0) is 12.4. The summed E-state index contributed by atoms with van der Waals surface area (Å²) in [5.74, 6) is 0.447. The van der Waals surface area contributed by atoms with E-state index in [0.29, 0.717) is 19.1 Å². The predicted octanol–water partition coefficient (Wildman–Crippen LogP) is 2.30. The summed E-state index contributed by atoms with van der Waals surface area (Å²) in [6, 6.07) is 10.4. The number of fused-ring (bicyclic) bond motifs is 1. The van der Waals surface area contributed by atoms with E-state index in [2.05, 4.69) is 24.3 Å². The van der Waals surface area contributed by atoms with Crippen molar-refractivity contribution in [1.82, 2.24) is 0 Å². The monoisotopic (exact) mass is 248 g/mol. The van der Waals surface area contributed by atoms with Gasteiger partial charge in [0.1, 0.15) is 0 Å². The Morgan fingerprint density at radius 2 is 1.83 bits per heavy atom. The van der Waals surface area contributed by atoms with Crippen molar-refractivity contribution >= 4 is 0 Å². The van der Waals surface area contributed by atoms with Crippen molar-refractivity contribution in [2.45, 2.75) is 37.6 Å². The second-order valence-electron chi connectivity index (χ2n) is 5.33. The molecule has 4 atom stereocenters. The zero-order valence-electron chi connectivity index (χ0n) is 10.5. The number of ether oxygens (including phenoxy) is 2. The van der Waals surface area contributed by atoms with E-state index in [1.807, 2.05) is 6.07 Å². The lowest BCUT2D eigenvalue weighted by molar-refractivity contribution is -0.113. The van der Waals surface area contributed by atoms with Crippen LogP contribution in [0.4, 0.5) is 0 Å². The van der Waals surface area contributed by atoms with Crippen molar-refractivity contribution in [3.8, 4) is 0 Å². The van der Waals surface area contributed by atoms with Crippen molar-refractivity contribution in [3.63, 3.8) is 0 Å². The molecule has 2 aliphatic heterocycles. The average molecular weight is 248 g/mol. The first kappa shape index (κ1) is 12.2. The minimum atomic E-state index is -0.292. The second-order valence-corrected chi connectivity index (χ2v) is 5.33. The third-order valence-corrected chi connectivity index (χ3v) is 4.04. The summed E-state index contributed by atoms with van der Waals surface area (Å²) < 4.78 is 11.7. The molecule has 0 spiro atoms. The topological polar surface area (TPSA) is 38.7 Å². The van der Waals surface area contributed by atoms with E-state index in [0.717, 1.165) is 19.3 Å². The Morgan fingerprint density at radius 3 is 2.67 bits per heavy atom. The van der Waals surface area contributed by atoms with Gasteiger partial charge in [-0.25, -0.2) is 0 Å². The molecule has 1 aromatic rings. The smallest absolute Gasteiger partial charge is 0.0839 e. The Morgan fingerprint density at radius 1 is 1.00 bits per heavy atom. The highest BCUT2D eigenvalue weighted by atomic mass is 16.5. The number of benzene rings is 1. The van der Waals surface area contributed by atoms with Gasteiger partial charge in [0, 0.05) is 0 Å². The second kappa shape index (κ2) is 5.39. The summed E-state index contributed by atoms with van der Waals surface area (Å²) in [7, 11) is 0. The molecule has 2 fully saturated rings. The van der Waals surface area contributed by atoms with E-state index in [9.17, 15) is 5.11 Å². The van der Waals surface area contributed by atoms with Crippen molar-refractivity contribution < 1.29 is 14.6 Å². The maximum Gasteiger partial charge on any atom is 0.0839 e. The van der Waals surface area contributed by atoms with Crippen LogP contribution in [0.15, 0.2) is 30.3 Å². The molecule has 0 amide bonds. The van der Waals surface area contributed by atoms with Gasteiger partial charge in [-0.15, -0.1) is 0 Å². The highest BCUT2D eigenvalue weighted by Crippen LogP contribution is 2.34. The molecule has 2 saturated heterocycles. The molecule has 1 unspecified atom stereocenters. The summed E-state index contributed by atoms with van der Waals surface area (Å²) in [6.45, 7) is 1.11. The molecule has 2 aliphatic rings. The van der Waals surface area contributed by atoms with Crippen LogP contribution in [0.2, 0.25) is 0 Å². The van der Waals surface area contributed by atoms with Crippen LogP contribution in [-0.2, 0) is 9.47 Å². The molecule has 0 radical (unpaired) electrons. The highest BCUT2D eigenvalue weighted by molar-refractivity contribution is 5.17. The minimum Gasteiger partial charge on any atom is -0.391 e. The Labute approximate surface area is 108 Å². The molecule has 3 nitrogen and oxygen atoms in total. The van der Waals surface area contributed by atoms with Gasteiger partial charge in [0.25, 0.3) is 0 Å². The number of aliphatic hydroxyl groups is 1. The molecule has 3 heteroatoms. The van der Waals surface area contributed by atoms with Crippen molar-refractivity contribution in [2.75, 3.05) is 13.2 Å². The molecule has 1 aromatic carbocycles. The fraction of sp³-hybridized carbons (Fsp3) is 0.600. The van der Waals surface area contributed by atoms with E-state index in [1.165, 1.54) is 5.56 Å². The van der Waals surface area contributed by atoms with E-state index >= 15 is 0 Å². The number of aliphatic hydroxyl groups excluding tert-OH is 1. The lowest BCUT2D eigenvalue weighted by Gasteiger charge is -2.32. The number of rotatable bonds is 1. The number of hydrogen-bond donors (Lipinski definition) is 1. The largest absolute Gasteiger partial charge is 0.391 e. The molecule has 2 heterocycles. The lowest BCUT2D eigenvalue weighted by atomic mass is 9.88. The normalized spacial score (nSPS) is 36.7. The molecule has 0 bridgehead atoms. The zero-order valence-corrected chi connectivity index (χ0v) is 10.5. The van der Waals surface area contributed by atoms with Gasteiger partial charge in [-0.3, -0.25) is 0 Å². The molecule has 3 rings (SSSR count). The van der Waals surface area contributed by atoms with Gasteiger partial charge in [-0.1, -0.05) is 30.3 Å². The van der Waals surface area contributed by atoms with Crippen molar-refractivity contribution in [3.05, 3.63) is 35.9 Å². The third kappa shape index (κ3) is 2.58. The van der Waals surface area contributed by atoms with Gasteiger partial charge in [0.05, 0.1) is 31.5 Å². The standard InChI is InChI=1S/C15H20O3/c16-13-8-12-6-7-14(11-4-2-1-3-5-11)18-10-15(12)17-9-13/h1-5,12-16H,6-10H2/t12-,13-,14?,15+/m0/s1. The van der Waals surface area contributed by atoms with Crippen LogP contribution in [0.25, 0.3) is 0 Å². The van der Waals surface area contributed by atoms with Crippen LogP contribution in [0.1, 0.15) is 30.9 Å². The molecule has 1 N–H and O–H groups in total. The van der Waals surface area contributed by atoms with E-state index in [-0.39, 0.29) is 18.3 Å². The van der Waals surface area contributed by atoms with E-state index in [1.54, 1.807) is 0 Å². The summed E-state index contributed by atoms with van der Waals surface area (Å²) in [4.78, 5) is 0. The Balaban J connectivity index is 1.68. The van der Waals surface area contributed by atoms with Gasteiger partial charge < -0.3 is 14.6 Å². The minimum absolute atomic E-state index is 0.169. The average Bonchev–Trinajstić information content (AvgIpc) is 2.62. The van der Waals surface area contributed by atoms with Gasteiger partial charge >= 0.3 is 0 Å². The SMILES string of the molecule is O[C@@H]1CO[C@@H]2COC(c3ccccc3)CC[C@H]2C1. The summed E-state index contributed by atoms with van der Waals surface area (Å²) in [6.07, 6.45) is 3.00. The van der Waals surface area contributed by atoms with Crippen molar-refractivity contribution in [2.24, 2.45) is 5.92 Å². The van der Waals surface area contributed by atoms with E-state index < -0.39 is 0 Å². The van der Waals surface area contributed by atoms with Crippen LogP contribution >= 0.6 is 0 Å². The van der Waals surface area contributed by atoms with E-state index in [4.69, 9.17) is 9.47 Å². The first-order valence-electron chi connectivity index (χ1n) is 6.79. The fourth-order valence-electron chi connectivity index (χ4n) is 3.02. The molecular weight excluding hydrogens is 228 g/mol. The van der Waals surface area contributed by atoms with Gasteiger partial charge in [0.2, 0.25) is 0 Å². The first-order chi connectivity index (χ1) is 8.83. The first-order valence-corrected chi connectivity index (χ1v) is 6.79. The highest BCUT2D eigenvalue weighted by Gasteiger charge is 2.34. The van der Waals surface area contributed by atoms with Crippen molar-refractivity contribution in [1.29, 1.82) is 0 Å². The third-order valence-electron chi connectivity index (χ3n) is 4.04. The van der Waals surface area contributed by atoms with Crippen LogP contribution in [-0.4, -0.2) is 30.5 Å². The molecule has 98 valence electrons. The number of hydrogen-bond acceptors (Lipinski definition) is 3. The Hall–Kier alpha value is -0.900. The van der Waals surface area contributed by atoms with Crippen LogP contribution in [0, 0.1) is 5.92 Å². The quantitative estimate of drug-likeness (QED) is 0.829. The van der Waals surface area contributed by atoms with Crippen LogP contribution in [0.3, 0.4) is 0 Å². The molecule has 0 aromatic heterocycles. The van der Waals surface area contributed by atoms with Gasteiger partial charge in [0.15, 0.2) is 0 Å². The molecule has 0 aliphatic carbocycles. The van der Waals surface area contributed by atoms with Gasteiger partial charge in [-0.2, -0.15) is 0 Å². The maximum absolute atomic E-state index is 9.66. The molecule has 18 heavy (non-hydrogen) atoms. The lowest BCUT2D eigenvalue weighted by Crippen LogP contribution is -2.38.